The molecule has 1 aliphatic rings. The van der Waals surface area contributed by atoms with Gasteiger partial charge in [-0.25, -0.2) is 0 Å². The summed E-state index contributed by atoms with van der Waals surface area (Å²) in [5, 5.41) is 2.35. The van der Waals surface area contributed by atoms with E-state index in [4.69, 9.17) is 0 Å². The van der Waals surface area contributed by atoms with Gasteiger partial charge in [-0.3, -0.25) is 4.79 Å². The summed E-state index contributed by atoms with van der Waals surface area (Å²) in [5.74, 6) is -0.908. The Morgan fingerprint density at radius 3 is 2.29 bits per heavy atom. The van der Waals surface area contributed by atoms with Crippen LogP contribution in [0, 0.1) is 5.41 Å². The van der Waals surface area contributed by atoms with Crippen molar-refractivity contribution >= 4 is 5.91 Å². The lowest BCUT2D eigenvalue weighted by molar-refractivity contribution is -0.192. The van der Waals surface area contributed by atoms with Crippen molar-refractivity contribution in [2.75, 3.05) is 0 Å². The number of nitrogens with one attached hydrogen (secondary N) is 1. The minimum Gasteiger partial charge on any atom is -0.351 e. The highest BCUT2D eigenvalue weighted by Gasteiger charge is 2.68. The van der Waals surface area contributed by atoms with Gasteiger partial charge in [0.2, 0.25) is 5.91 Å². The summed E-state index contributed by atoms with van der Waals surface area (Å²) in [5.41, 5.74) is -1.33. The Morgan fingerprint density at radius 2 is 1.82 bits per heavy atom. The van der Waals surface area contributed by atoms with Crippen molar-refractivity contribution in [1.82, 2.24) is 5.32 Å². The zero-order chi connectivity index (χ0) is 12.5. The number of benzene rings is 1. The van der Waals surface area contributed by atoms with Gasteiger partial charge < -0.3 is 5.32 Å². The molecule has 0 unspecified atom stereocenters. The molecule has 5 heteroatoms. The zero-order valence-electron chi connectivity index (χ0n) is 9.05. The van der Waals surface area contributed by atoms with Crippen molar-refractivity contribution < 1.29 is 18.0 Å². The van der Waals surface area contributed by atoms with Crippen LogP contribution in [-0.2, 0) is 11.3 Å². The molecule has 0 heterocycles. The molecule has 1 N–H and O–H groups in total. The van der Waals surface area contributed by atoms with Crippen LogP contribution in [0.2, 0.25) is 0 Å². The van der Waals surface area contributed by atoms with Crippen LogP contribution in [0.4, 0.5) is 13.2 Å². The summed E-state index contributed by atoms with van der Waals surface area (Å²) in [4.78, 5) is 11.5. The van der Waals surface area contributed by atoms with E-state index < -0.39 is 17.5 Å². The molecule has 17 heavy (non-hydrogen) atoms. The monoisotopic (exact) mass is 243 g/mol. The van der Waals surface area contributed by atoms with Gasteiger partial charge in [0.15, 0.2) is 0 Å². The third-order valence-corrected chi connectivity index (χ3v) is 3.02. The second-order valence-corrected chi connectivity index (χ2v) is 4.25. The Hall–Kier alpha value is -1.52. The van der Waals surface area contributed by atoms with Crippen LogP contribution in [0.1, 0.15) is 18.4 Å². The number of alkyl halides is 3. The second-order valence-electron chi connectivity index (χ2n) is 4.25. The Bertz CT molecular complexity index is 410. The highest BCUT2D eigenvalue weighted by Crippen LogP contribution is 2.57. The third-order valence-electron chi connectivity index (χ3n) is 3.02. The number of amides is 1. The quantitative estimate of drug-likeness (QED) is 0.868. The summed E-state index contributed by atoms with van der Waals surface area (Å²) in [6.07, 6.45) is -4.64. The zero-order valence-corrected chi connectivity index (χ0v) is 9.05. The lowest BCUT2D eigenvalue weighted by atomic mass is 10.1. The molecule has 1 fully saturated rings. The van der Waals surface area contributed by atoms with Crippen molar-refractivity contribution in [2.45, 2.75) is 25.6 Å². The molecule has 0 bridgehead atoms. The molecule has 2 nitrogen and oxygen atoms in total. The standard InChI is InChI=1S/C12H12F3NO/c13-12(14,15)11(6-7-11)10(17)16-8-9-4-2-1-3-5-9/h1-5H,6-8H2,(H,16,17). The lowest BCUT2D eigenvalue weighted by Crippen LogP contribution is -2.40. The molecule has 0 spiro atoms. The third kappa shape index (κ3) is 2.28. The smallest absolute Gasteiger partial charge is 0.351 e. The van der Waals surface area contributed by atoms with Crippen molar-refractivity contribution in [2.24, 2.45) is 5.41 Å². The van der Waals surface area contributed by atoms with E-state index in [0.29, 0.717) is 0 Å². The maximum absolute atomic E-state index is 12.6. The molecule has 1 saturated carbocycles. The van der Waals surface area contributed by atoms with Gasteiger partial charge in [0, 0.05) is 6.54 Å². The van der Waals surface area contributed by atoms with Crippen LogP contribution >= 0.6 is 0 Å². The van der Waals surface area contributed by atoms with Gasteiger partial charge in [-0.2, -0.15) is 13.2 Å². The molecule has 0 saturated heterocycles. The van der Waals surface area contributed by atoms with E-state index in [1.165, 1.54) is 0 Å². The van der Waals surface area contributed by atoms with Crippen LogP contribution in [0.3, 0.4) is 0 Å². The maximum atomic E-state index is 12.6. The van der Waals surface area contributed by atoms with E-state index in [9.17, 15) is 18.0 Å². The minimum absolute atomic E-state index is 0.100. The Morgan fingerprint density at radius 1 is 1.24 bits per heavy atom. The topological polar surface area (TPSA) is 29.1 Å². The van der Waals surface area contributed by atoms with Gasteiger partial charge in [-0.05, 0) is 18.4 Å². The van der Waals surface area contributed by atoms with Crippen LogP contribution in [0.15, 0.2) is 30.3 Å². The Kier molecular flexibility index (Phi) is 2.85. The molecule has 0 radical (unpaired) electrons. The normalized spacial score (nSPS) is 17.6. The molecule has 0 atom stereocenters. The fraction of sp³-hybridized carbons (Fsp3) is 0.417. The second kappa shape index (κ2) is 4.05. The molecule has 1 aromatic rings. The molecule has 2 rings (SSSR count). The number of carbonyl (C=O) groups is 1. The van der Waals surface area contributed by atoms with E-state index in [1.807, 2.05) is 6.07 Å². The molecular weight excluding hydrogens is 231 g/mol. The summed E-state index contributed by atoms with van der Waals surface area (Å²) >= 11 is 0. The van der Waals surface area contributed by atoms with E-state index in [1.54, 1.807) is 24.3 Å². The fourth-order valence-corrected chi connectivity index (χ4v) is 1.71. The molecule has 92 valence electrons. The number of carbonyl (C=O) groups excluding carboxylic acids is 1. The van der Waals surface area contributed by atoms with Gasteiger partial charge in [0.25, 0.3) is 0 Å². The first-order chi connectivity index (χ1) is 7.96. The summed E-state index contributed by atoms with van der Waals surface area (Å²) in [6.45, 7) is 0.136. The van der Waals surface area contributed by atoms with E-state index in [2.05, 4.69) is 5.32 Å². The van der Waals surface area contributed by atoms with Gasteiger partial charge in [-0.1, -0.05) is 30.3 Å². The van der Waals surface area contributed by atoms with Gasteiger partial charge in [0.05, 0.1) is 0 Å². The lowest BCUT2D eigenvalue weighted by Gasteiger charge is -2.18. The number of hydrogen-bond donors (Lipinski definition) is 1. The van der Waals surface area contributed by atoms with Crippen molar-refractivity contribution in [3.8, 4) is 0 Å². The number of halogens is 3. The highest BCUT2D eigenvalue weighted by atomic mass is 19.4. The number of hydrogen-bond acceptors (Lipinski definition) is 1. The predicted octanol–water partition coefficient (Wildman–Crippen LogP) is 2.65. The van der Waals surface area contributed by atoms with Crippen LogP contribution in [0.25, 0.3) is 0 Å². The van der Waals surface area contributed by atoms with Crippen molar-refractivity contribution in [3.05, 3.63) is 35.9 Å². The maximum Gasteiger partial charge on any atom is 0.403 e. The molecule has 1 aliphatic carbocycles. The Labute approximate surface area is 96.8 Å². The number of rotatable bonds is 3. The first-order valence-electron chi connectivity index (χ1n) is 5.35. The Balaban J connectivity index is 1.95. The van der Waals surface area contributed by atoms with E-state index >= 15 is 0 Å². The van der Waals surface area contributed by atoms with Crippen LogP contribution < -0.4 is 5.32 Å². The summed E-state index contributed by atoms with van der Waals surface area (Å²) < 4.78 is 37.8. The van der Waals surface area contributed by atoms with Crippen LogP contribution in [-0.4, -0.2) is 12.1 Å². The minimum atomic E-state index is -4.44. The van der Waals surface area contributed by atoms with Crippen LogP contribution in [0.5, 0.6) is 0 Å². The molecule has 1 aromatic carbocycles. The van der Waals surface area contributed by atoms with Gasteiger partial charge >= 0.3 is 6.18 Å². The first kappa shape index (κ1) is 12.0. The molecule has 0 aliphatic heterocycles. The fourth-order valence-electron chi connectivity index (χ4n) is 1.71. The summed E-state index contributed by atoms with van der Waals surface area (Å²) in [7, 11) is 0. The van der Waals surface area contributed by atoms with Gasteiger partial charge in [-0.15, -0.1) is 0 Å². The largest absolute Gasteiger partial charge is 0.403 e. The molecular formula is C12H12F3NO. The van der Waals surface area contributed by atoms with Gasteiger partial charge in [0.1, 0.15) is 5.41 Å². The van der Waals surface area contributed by atoms with E-state index in [0.717, 1.165) is 5.56 Å². The van der Waals surface area contributed by atoms with E-state index in [-0.39, 0.29) is 19.4 Å². The first-order valence-corrected chi connectivity index (χ1v) is 5.35. The average molecular weight is 243 g/mol. The predicted molar refractivity (Wildman–Crippen MR) is 56.0 cm³/mol. The molecule has 0 aromatic heterocycles. The molecule has 1 amide bonds. The average Bonchev–Trinajstić information content (AvgIpc) is 3.07. The van der Waals surface area contributed by atoms with Crippen molar-refractivity contribution in [1.29, 1.82) is 0 Å². The highest BCUT2D eigenvalue weighted by molar-refractivity contribution is 5.86. The summed E-state index contributed by atoms with van der Waals surface area (Å²) in [6, 6.07) is 8.88. The SMILES string of the molecule is O=C(NCc1ccccc1)C1(C(F)(F)F)CC1. The van der Waals surface area contributed by atoms with Crippen molar-refractivity contribution in [3.63, 3.8) is 0 Å².